The Hall–Kier alpha value is -2.98. The van der Waals surface area contributed by atoms with E-state index < -0.39 is 28.6 Å². The molecule has 0 spiro atoms. The van der Waals surface area contributed by atoms with Crippen LogP contribution in [0.2, 0.25) is 0 Å². The van der Waals surface area contributed by atoms with E-state index in [1.54, 1.807) is 13.8 Å². The fraction of sp³-hybridized carbons (Fsp3) is 0.333. The summed E-state index contributed by atoms with van der Waals surface area (Å²) in [7, 11) is -2.69. The summed E-state index contributed by atoms with van der Waals surface area (Å²) in [4.78, 5) is 24.2. The lowest BCUT2D eigenvalue weighted by atomic mass is 10.1. The van der Waals surface area contributed by atoms with Crippen molar-refractivity contribution in [3.8, 4) is 5.75 Å². The minimum atomic E-state index is -3.99. The molecule has 1 atom stereocenters. The number of nitrogens with zero attached hydrogens (tertiary/aromatic N) is 1. The van der Waals surface area contributed by atoms with Gasteiger partial charge in [0.2, 0.25) is 15.9 Å². The Morgan fingerprint density at radius 2 is 1.94 bits per heavy atom. The third-order valence-electron chi connectivity index (χ3n) is 4.92. The third kappa shape index (κ3) is 5.02. The molecule has 8 nitrogen and oxygen atoms in total. The smallest absolute Gasteiger partial charge is 0.265 e. The molecule has 2 aromatic carbocycles. The van der Waals surface area contributed by atoms with Gasteiger partial charge in [-0.25, -0.2) is 12.8 Å². The first-order valence-corrected chi connectivity index (χ1v) is 11.2. The molecule has 2 amide bonds. The number of carbonyl (C=O) groups is 2. The highest BCUT2D eigenvalue weighted by Gasteiger charge is 2.31. The first-order chi connectivity index (χ1) is 14.6. The van der Waals surface area contributed by atoms with Crippen molar-refractivity contribution in [3.05, 3.63) is 53.3 Å². The highest BCUT2D eigenvalue weighted by Crippen LogP contribution is 2.35. The minimum absolute atomic E-state index is 0.00825. The number of hydrogen-bond acceptors (Lipinski definition) is 5. The van der Waals surface area contributed by atoms with E-state index in [2.05, 4.69) is 10.6 Å². The van der Waals surface area contributed by atoms with Crippen LogP contribution in [0.25, 0.3) is 0 Å². The molecule has 2 N–H and O–H groups in total. The van der Waals surface area contributed by atoms with Crippen LogP contribution in [0.15, 0.2) is 41.3 Å². The summed E-state index contributed by atoms with van der Waals surface area (Å²) in [5.74, 6) is -0.888. The molecular formula is C21H24FN3O5S. The Bertz CT molecular complexity index is 1100. The molecule has 1 aliphatic heterocycles. The van der Waals surface area contributed by atoms with Gasteiger partial charge in [-0.2, -0.15) is 4.31 Å². The van der Waals surface area contributed by atoms with E-state index in [1.807, 2.05) is 0 Å². The quantitative estimate of drug-likeness (QED) is 0.674. The average Bonchev–Trinajstić information content (AvgIpc) is 2.72. The van der Waals surface area contributed by atoms with Crippen molar-refractivity contribution in [2.75, 3.05) is 18.9 Å². The molecule has 0 radical (unpaired) electrons. The van der Waals surface area contributed by atoms with Crippen LogP contribution < -0.4 is 15.4 Å². The Kier molecular flexibility index (Phi) is 6.61. The van der Waals surface area contributed by atoms with Gasteiger partial charge in [-0.05, 0) is 42.7 Å². The summed E-state index contributed by atoms with van der Waals surface area (Å²) in [6, 6.07) is 8.54. The lowest BCUT2D eigenvalue weighted by Crippen LogP contribution is -2.39. The highest BCUT2D eigenvalue weighted by atomic mass is 32.2. The minimum Gasteiger partial charge on any atom is -0.478 e. The number of fused-ring (bicyclic) bond motifs is 1. The average molecular weight is 450 g/mol. The molecule has 31 heavy (non-hydrogen) atoms. The number of benzene rings is 2. The topological polar surface area (TPSA) is 105 Å². The van der Waals surface area contributed by atoms with Gasteiger partial charge in [0.15, 0.2) is 6.10 Å². The molecular weight excluding hydrogens is 425 g/mol. The third-order valence-corrected chi connectivity index (χ3v) is 6.87. The molecule has 1 unspecified atom stereocenters. The van der Waals surface area contributed by atoms with Crippen LogP contribution in [0.4, 0.5) is 10.1 Å². The van der Waals surface area contributed by atoms with Gasteiger partial charge in [-0.3, -0.25) is 9.59 Å². The molecule has 0 bridgehead atoms. The number of likely N-dealkylation sites (N-methyl/N-ethyl adjacent to an activating group) is 1. The van der Waals surface area contributed by atoms with E-state index in [0.29, 0.717) is 23.2 Å². The second kappa shape index (κ2) is 9.03. The van der Waals surface area contributed by atoms with E-state index in [4.69, 9.17) is 4.74 Å². The van der Waals surface area contributed by atoms with Crippen molar-refractivity contribution in [2.24, 2.45) is 0 Å². The van der Waals surface area contributed by atoms with E-state index in [1.165, 1.54) is 43.4 Å². The summed E-state index contributed by atoms with van der Waals surface area (Å²) in [6.07, 6.45) is -0.254. The molecule has 0 aliphatic carbocycles. The first-order valence-electron chi connectivity index (χ1n) is 9.71. The number of rotatable bonds is 7. The summed E-state index contributed by atoms with van der Waals surface area (Å²) in [5, 5.41) is 5.33. The van der Waals surface area contributed by atoms with Gasteiger partial charge < -0.3 is 15.4 Å². The van der Waals surface area contributed by atoms with Crippen molar-refractivity contribution >= 4 is 27.5 Å². The van der Waals surface area contributed by atoms with Crippen LogP contribution in [-0.4, -0.2) is 44.2 Å². The lowest BCUT2D eigenvalue weighted by molar-refractivity contribution is -0.123. The Morgan fingerprint density at radius 1 is 1.26 bits per heavy atom. The number of hydrogen-bond donors (Lipinski definition) is 2. The van der Waals surface area contributed by atoms with E-state index in [9.17, 15) is 22.4 Å². The van der Waals surface area contributed by atoms with Crippen LogP contribution in [0.5, 0.6) is 5.75 Å². The second-order valence-electron chi connectivity index (χ2n) is 7.28. The van der Waals surface area contributed by atoms with E-state index >= 15 is 0 Å². The molecule has 166 valence electrons. The van der Waals surface area contributed by atoms with Gasteiger partial charge in [0.1, 0.15) is 11.6 Å². The molecule has 2 aromatic rings. The van der Waals surface area contributed by atoms with Gasteiger partial charge in [-0.15, -0.1) is 0 Å². The summed E-state index contributed by atoms with van der Waals surface area (Å²) < 4.78 is 45.7. The van der Waals surface area contributed by atoms with Gasteiger partial charge in [-0.1, -0.05) is 19.1 Å². The number of halogens is 1. The van der Waals surface area contributed by atoms with Crippen molar-refractivity contribution in [1.29, 1.82) is 0 Å². The Labute approximate surface area is 180 Å². The van der Waals surface area contributed by atoms with Gasteiger partial charge in [0, 0.05) is 19.7 Å². The molecule has 10 heteroatoms. The molecule has 0 fully saturated rings. The highest BCUT2D eigenvalue weighted by molar-refractivity contribution is 7.89. The number of ether oxygens (including phenoxy) is 1. The standard InChI is InChI=1S/C21H24FN3O5S/c1-4-17-21(27)24-16-9-13(2)19(10-18(16)30-17)31(28,29)25(3)12-20(26)23-11-14-5-7-15(22)8-6-14/h5-10,17H,4,11-12H2,1-3H3,(H,23,26)(H,24,27). The van der Waals surface area contributed by atoms with Crippen LogP contribution in [-0.2, 0) is 26.2 Å². The number of nitrogens with one attached hydrogen (secondary N) is 2. The van der Waals surface area contributed by atoms with Gasteiger partial charge in [0.05, 0.1) is 17.1 Å². The maximum atomic E-state index is 13.1. The second-order valence-corrected chi connectivity index (χ2v) is 9.30. The maximum absolute atomic E-state index is 13.1. The normalized spacial score (nSPS) is 15.8. The number of anilines is 1. The van der Waals surface area contributed by atoms with Crippen molar-refractivity contribution < 1.29 is 27.1 Å². The zero-order valence-electron chi connectivity index (χ0n) is 17.4. The fourth-order valence-electron chi connectivity index (χ4n) is 3.15. The SMILES string of the molecule is CCC1Oc2cc(S(=O)(=O)N(C)CC(=O)NCc3ccc(F)cc3)c(C)cc2NC1=O. The Balaban J connectivity index is 1.72. The lowest BCUT2D eigenvalue weighted by Gasteiger charge is -2.27. The fourth-order valence-corrected chi connectivity index (χ4v) is 4.49. The molecule has 1 heterocycles. The Morgan fingerprint density at radius 3 is 2.58 bits per heavy atom. The predicted octanol–water partition coefficient (Wildman–Crippen LogP) is 2.18. The van der Waals surface area contributed by atoms with Crippen molar-refractivity contribution in [3.63, 3.8) is 0 Å². The van der Waals surface area contributed by atoms with Crippen molar-refractivity contribution in [2.45, 2.75) is 37.8 Å². The molecule has 3 rings (SSSR count). The van der Waals surface area contributed by atoms with Crippen LogP contribution in [0.1, 0.15) is 24.5 Å². The zero-order valence-corrected chi connectivity index (χ0v) is 18.3. The van der Waals surface area contributed by atoms with E-state index in [-0.39, 0.29) is 28.9 Å². The van der Waals surface area contributed by atoms with Gasteiger partial charge >= 0.3 is 0 Å². The van der Waals surface area contributed by atoms with E-state index in [0.717, 1.165) is 4.31 Å². The maximum Gasteiger partial charge on any atom is 0.265 e. The van der Waals surface area contributed by atoms with Crippen LogP contribution in [0, 0.1) is 12.7 Å². The van der Waals surface area contributed by atoms with Crippen LogP contribution in [0.3, 0.4) is 0 Å². The van der Waals surface area contributed by atoms with Gasteiger partial charge in [0.25, 0.3) is 5.91 Å². The molecule has 0 saturated heterocycles. The predicted molar refractivity (Wildman–Crippen MR) is 113 cm³/mol. The first kappa shape index (κ1) is 22.7. The zero-order chi connectivity index (χ0) is 22.8. The molecule has 1 aliphatic rings. The monoisotopic (exact) mass is 449 g/mol. The summed E-state index contributed by atoms with van der Waals surface area (Å²) >= 11 is 0. The summed E-state index contributed by atoms with van der Waals surface area (Å²) in [5.41, 5.74) is 1.51. The molecule has 0 saturated carbocycles. The van der Waals surface area contributed by atoms with Crippen molar-refractivity contribution in [1.82, 2.24) is 9.62 Å². The van der Waals surface area contributed by atoms with Crippen LogP contribution >= 0.6 is 0 Å². The number of aryl methyl sites for hydroxylation is 1. The molecule has 0 aromatic heterocycles. The summed E-state index contributed by atoms with van der Waals surface area (Å²) in [6.45, 7) is 3.15. The number of sulfonamides is 1. The number of carbonyl (C=O) groups excluding carboxylic acids is 2. The largest absolute Gasteiger partial charge is 0.478 e. The number of amides is 2.